The van der Waals surface area contributed by atoms with Crippen LogP contribution in [-0.2, 0) is 9.84 Å². The maximum Gasteiger partial charge on any atom is 0.253 e. The van der Waals surface area contributed by atoms with Crippen molar-refractivity contribution in [1.29, 1.82) is 0 Å². The molecule has 1 atom stereocenters. The van der Waals surface area contributed by atoms with Crippen molar-refractivity contribution >= 4 is 43.3 Å². The molecule has 1 saturated heterocycles. The first kappa shape index (κ1) is 18.4. The van der Waals surface area contributed by atoms with Crippen LogP contribution in [-0.4, -0.2) is 38.1 Å². The van der Waals surface area contributed by atoms with Crippen LogP contribution in [0.15, 0.2) is 53.0 Å². The molecule has 0 spiro atoms. The third-order valence-electron chi connectivity index (χ3n) is 4.35. The van der Waals surface area contributed by atoms with E-state index in [0.717, 1.165) is 4.47 Å². The summed E-state index contributed by atoms with van der Waals surface area (Å²) in [7, 11) is -3.38. The van der Waals surface area contributed by atoms with E-state index in [-0.39, 0.29) is 18.2 Å². The van der Waals surface area contributed by atoms with Gasteiger partial charge >= 0.3 is 0 Å². The summed E-state index contributed by atoms with van der Waals surface area (Å²) < 4.78 is 26.2. The first-order chi connectivity index (χ1) is 11.9. The Labute approximate surface area is 160 Å². The van der Waals surface area contributed by atoms with Crippen LogP contribution in [0, 0.1) is 0 Å². The number of carbonyl (C=O) groups excluding carboxylic acids is 1. The van der Waals surface area contributed by atoms with Gasteiger partial charge in [0.2, 0.25) is 0 Å². The Morgan fingerprint density at radius 1 is 1.12 bits per heavy atom. The summed E-state index contributed by atoms with van der Waals surface area (Å²) in [4.78, 5) is 14.3. The molecular weight excluding hydrogens is 426 g/mol. The van der Waals surface area contributed by atoms with Gasteiger partial charge < -0.3 is 4.90 Å². The van der Waals surface area contributed by atoms with Crippen LogP contribution >= 0.6 is 27.5 Å². The number of rotatable bonds is 2. The summed E-state index contributed by atoms with van der Waals surface area (Å²) >= 11 is 9.55. The minimum absolute atomic E-state index is 0.0668. The van der Waals surface area contributed by atoms with E-state index in [2.05, 4.69) is 15.9 Å². The van der Waals surface area contributed by atoms with Crippen LogP contribution in [0.2, 0.25) is 5.02 Å². The fourth-order valence-corrected chi connectivity index (χ4v) is 5.58. The molecule has 4 nitrogen and oxygen atoms in total. The predicted octanol–water partition coefficient (Wildman–Crippen LogP) is 4.10. The van der Waals surface area contributed by atoms with Gasteiger partial charge in [0.05, 0.1) is 11.0 Å². The normalized spacial score (nSPS) is 20.1. The number of hydrogen-bond acceptors (Lipinski definition) is 3. The maximum absolute atomic E-state index is 12.7. The van der Waals surface area contributed by atoms with Crippen molar-refractivity contribution in [2.75, 3.05) is 18.8 Å². The molecule has 1 unspecified atom stereocenters. The standard InChI is InChI=1S/C18H17BrClNO3S/c19-14-5-3-4-13(12-14)18(22)21-9-8-17(25(23,24)11-10-21)15-6-1-2-7-16(15)20/h1-7,12,17H,8-11H2. The second-order valence-corrected chi connectivity index (χ2v) is 9.59. The molecule has 132 valence electrons. The third kappa shape index (κ3) is 4.07. The lowest BCUT2D eigenvalue weighted by molar-refractivity contribution is 0.0766. The Morgan fingerprint density at radius 3 is 2.60 bits per heavy atom. The Morgan fingerprint density at radius 2 is 1.88 bits per heavy atom. The molecule has 0 aliphatic carbocycles. The lowest BCUT2D eigenvalue weighted by Gasteiger charge is -2.20. The number of carbonyl (C=O) groups is 1. The molecule has 1 fully saturated rings. The molecule has 1 aliphatic rings. The van der Waals surface area contributed by atoms with Crippen molar-refractivity contribution in [2.45, 2.75) is 11.7 Å². The maximum atomic E-state index is 12.7. The highest BCUT2D eigenvalue weighted by Gasteiger charge is 2.33. The lowest BCUT2D eigenvalue weighted by Crippen LogP contribution is -2.33. The molecule has 0 aromatic heterocycles. The molecular formula is C18H17BrClNO3S. The highest BCUT2D eigenvalue weighted by molar-refractivity contribution is 9.10. The molecule has 25 heavy (non-hydrogen) atoms. The Kier molecular flexibility index (Phi) is 5.51. The number of halogens is 2. The second-order valence-electron chi connectivity index (χ2n) is 5.97. The molecule has 0 saturated carbocycles. The molecule has 0 radical (unpaired) electrons. The Balaban J connectivity index is 1.85. The zero-order chi connectivity index (χ0) is 18.0. The Hall–Kier alpha value is -1.37. The van der Waals surface area contributed by atoms with E-state index in [4.69, 9.17) is 11.6 Å². The van der Waals surface area contributed by atoms with E-state index in [0.29, 0.717) is 29.1 Å². The van der Waals surface area contributed by atoms with Gasteiger partial charge in [-0.15, -0.1) is 0 Å². The average molecular weight is 443 g/mol. The molecule has 7 heteroatoms. The average Bonchev–Trinajstić information content (AvgIpc) is 2.73. The van der Waals surface area contributed by atoms with E-state index in [9.17, 15) is 13.2 Å². The fraction of sp³-hybridized carbons (Fsp3) is 0.278. The molecule has 0 N–H and O–H groups in total. The molecule has 1 heterocycles. The molecule has 3 rings (SSSR count). The molecule has 2 aromatic rings. The highest BCUT2D eigenvalue weighted by atomic mass is 79.9. The smallest absolute Gasteiger partial charge is 0.253 e. The van der Waals surface area contributed by atoms with Crippen molar-refractivity contribution in [3.8, 4) is 0 Å². The van der Waals surface area contributed by atoms with Gasteiger partial charge in [0.15, 0.2) is 9.84 Å². The first-order valence-corrected chi connectivity index (χ1v) is 10.8. The Bertz CT molecular complexity index is 901. The number of nitrogens with zero attached hydrogens (tertiary/aromatic N) is 1. The van der Waals surface area contributed by atoms with E-state index < -0.39 is 15.1 Å². The third-order valence-corrected chi connectivity index (χ3v) is 7.30. The summed E-state index contributed by atoms with van der Waals surface area (Å²) in [6, 6.07) is 14.1. The number of amides is 1. The molecule has 0 bridgehead atoms. The fourth-order valence-electron chi connectivity index (χ4n) is 3.04. The monoisotopic (exact) mass is 441 g/mol. The van der Waals surface area contributed by atoms with Gasteiger partial charge in [-0.2, -0.15) is 0 Å². The summed E-state index contributed by atoms with van der Waals surface area (Å²) in [5.41, 5.74) is 1.16. The van der Waals surface area contributed by atoms with Gasteiger partial charge in [-0.25, -0.2) is 8.42 Å². The molecule has 1 amide bonds. The lowest BCUT2D eigenvalue weighted by atomic mass is 10.1. The number of benzene rings is 2. The van der Waals surface area contributed by atoms with Crippen LogP contribution in [0.3, 0.4) is 0 Å². The van der Waals surface area contributed by atoms with Gasteiger partial charge in [0.1, 0.15) is 0 Å². The van der Waals surface area contributed by atoms with Crippen molar-refractivity contribution in [3.05, 3.63) is 69.2 Å². The summed E-state index contributed by atoms with van der Waals surface area (Å²) in [5, 5.41) is -0.232. The van der Waals surface area contributed by atoms with Crippen LogP contribution in [0.25, 0.3) is 0 Å². The van der Waals surface area contributed by atoms with Crippen molar-refractivity contribution in [3.63, 3.8) is 0 Å². The highest BCUT2D eigenvalue weighted by Crippen LogP contribution is 2.34. The minimum atomic E-state index is -3.38. The SMILES string of the molecule is O=C(c1cccc(Br)c1)N1CCC(c2ccccc2Cl)S(=O)(=O)CC1. The van der Waals surface area contributed by atoms with Gasteiger partial charge in [-0.3, -0.25) is 4.79 Å². The molecule has 1 aliphatic heterocycles. The summed E-state index contributed by atoms with van der Waals surface area (Å²) in [6.45, 7) is 0.565. The van der Waals surface area contributed by atoms with Crippen LogP contribution < -0.4 is 0 Å². The van der Waals surface area contributed by atoms with Gasteiger partial charge in [0, 0.05) is 28.1 Å². The van der Waals surface area contributed by atoms with Crippen molar-refractivity contribution < 1.29 is 13.2 Å². The van der Waals surface area contributed by atoms with Gasteiger partial charge in [0.25, 0.3) is 5.91 Å². The molecule has 2 aromatic carbocycles. The second kappa shape index (κ2) is 7.48. The van der Waals surface area contributed by atoms with Gasteiger partial charge in [-0.05, 0) is 36.2 Å². The number of hydrogen-bond donors (Lipinski definition) is 0. The van der Waals surface area contributed by atoms with Crippen molar-refractivity contribution in [1.82, 2.24) is 4.90 Å². The van der Waals surface area contributed by atoms with Crippen molar-refractivity contribution in [2.24, 2.45) is 0 Å². The largest absolute Gasteiger partial charge is 0.338 e. The predicted molar refractivity (Wildman–Crippen MR) is 103 cm³/mol. The van der Waals surface area contributed by atoms with E-state index in [1.54, 1.807) is 47.4 Å². The zero-order valence-corrected chi connectivity index (χ0v) is 16.5. The van der Waals surface area contributed by atoms with Gasteiger partial charge in [-0.1, -0.05) is 51.8 Å². The van der Waals surface area contributed by atoms with E-state index in [1.807, 2.05) is 6.07 Å². The summed E-state index contributed by atoms with van der Waals surface area (Å²) in [5.74, 6) is -0.223. The van der Waals surface area contributed by atoms with Crippen LogP contribution in [0.4, 0.5) is 0 Å². The van der Waals surface area contributed by atoms with Crippen LogP contribution in [0.1, 0.15) is 27.6 Å². The zero-order valence-electron chi connectivity index (χ0n) is 13.4. The minimum Gasteiger partial charge on any atom is -0.338 e. The van der Waals surface area contributed by atoms with Crippen LogP contribution in [0.5, 0.6) is 0 Å². The topological polar surface area (TPSA) is 54.5 Å². The summed E-state index contributed by atoms with van der Waals surface area (Å²) in [6.07, 6.45) is 0.339. The number of sulfone groups is 1. The van der Waals surface area contributed by atoms with E-state index >= 15 is 0 Å². The van der Waals surface area contributed by atoms with E-state index in [1.165, 1.54) is 0 Å². The quantitative estimate of drug-likeness (QED) is 0.703. The first-order valence-electron chi connectivity index (χ1n) is 7.89.